The summed E-state index contributed by atoms with van der Waals surface area (Å²) in [4.78, 5) is 11.2. The van der Waals surface area contributed by atoms with Crippen LogP contribution in [0.1, 0.15) is 13.8 Å². The Balaban J connectivity index is 3.03. The molecular weight excluding hydrogens is 272 g/mol. The van der Waals surface area contributed by atoms with Crippen LogP contribution in [0.25, 0.3) is 0 Å². The number of benzene rings is 1. The van der Waals surface area contributed by atoms with E-state index in [4.69, 9.17) is 14.6 Å². The van der Waals surface area contributed by atoms with Crippen LogP contribution in [0.3, 0.4) is 0 Å². The molecule has 19 heavy (non-hydrogen) atoms. The number of hydrogen-bond donors (Lipinski definition) is 2. The van der Waals surface area contributed by atoms with Crippen molar-refractivity contribution in [2.45, 2.75) is 24.8 Å². The maximum Gasteiger partial charge on any atom is 0.411 e. The first-order valence-electron chi connectivity index (χ1n) is 5.42. The minimum absolute atomic E-state index is 0.102. The fourth-order valence-corrected chi connectivity index (χ4v) is 2.06. The molecule has 106 valence electrons. The molecule has 7 nitrogen and oxygen atoms in total. The third-order valence-electron chi connectivity index (χ3n) is 2.06. The summed E-state index contributed by atoms with van der Waals surface area (Å²) in [7, 11) is -2.62. The number of primary sulfonamides is 1. The van der Waals surface area contributed by atoms with Crippen LogP contribution in [-0.4, -0.2) is 27.7 Å². The molecule has 1 amide bonds. The smallest absolute Gasteiger partial charge is 0.411 e. The Labute approximate surface area is 111 Å². The van der Waals surface area contributed by atoms with Crippen molar-refractivity contribution in [3.63, 3.8) is 0 Å². The highest BCUT2D eigenvalue weighted by molar-refractivity contribution is 7.89. The number of amides is 1. The molecule has 0 bridgehead atoms. The van der Waals surface area contributed by atoms with Crippen LogP contribution in [0.2, 0.25) is 0 Å². The lowest BCUT2D eigenvalue weighted by Crippen LogP contribution is -2.19. The fraction of sp³-hybridized carbons (Fsp3) is 0.364. The second-order valence-corrected chi connectivity index (χ2v) is 5.52. The van der Waals surface area contributed by atoms with Gasteiger partial charge in [0, 0.05) is 5.69 Å². The van der Waals surface area contributed by atoms with E-state index in [2.05, 4.69) is 5.32 Å². The van der Waals surface area contributed by atoms with Crippen molar-refractivity contribution in [3.8, 4) is 5.75 Å². The van der Waals surface area contributed by atoms with Gasteiger partial charge in [-0.15, -0.1) is 0 Å². The first-order valence-corrected chi connectivity index (χ1v) is 6.97. The summed E-state index contributed by atoms with van der Waals surface area (Å²) in [5, 5.41) is 7.46. The first kappa shape index (κ1) is 15.3. The molecule has 0 heterocycles. The number of nitrogens with one attached hydrogen (secondary N) is 1. The van der Waals surface area contributed by atoms with E-state index >= 15 is 0 Å². The molecule has 0 saturated heterocycles. The molecule has 0 aliphatic heterocycles. The molecule has 3 N–H and O–H groups in total. The van der Waals surface area contributed by atoms with Gasteiger partial charge in [0.15, 0.2) is 0 Å². The summed E-state index contributed by atoms with van der Waals surface area (Å²) in [5.74, 6) is 0.102. The zero-order valence-electron chi connectivity index (χ0n) is 10.8. The van der Waals surface area contributed by atoms with E-state index in [9.17, 15) is 13.2 Å². The van der Waals surface area contributed by atoms with Crippen LogP contribution in [0.15, 0.2) is 23.1 Å². The van der Waals surface area contributed by atoms with Crippen molar-refractivity contribution in [2.75, 3.05) is 12.4 Å². The second-order valence-electron chi connectivity index (χ2n) is 3.99. The first-order chi connectivity index (χ1) is 8.74. The predicted octanol–water partition coefficient (Wildman–Crippen LogP) is 1.30. The molecule has 0 saturated carbocycles. The summed E-state index contributed by atoms with van der Waals surface area (Å²) in [6.45, 7) is 3.40. The molecule has 1 rings (SSSR count). The maximum absolute atomic E-state index is 11.4. The Bertz CT molecular complexity index is 568. The Hall–Kier alpha value is -1.80. The van der Waals surface area contributed by atoms with Gasteiger partial charge in [-0.1, -0.05) is 0 Å². The van der Waals surface area contributed by atoms with Gasteiger partial charge < -0.3 is 9.47 Å². The molecule has 1 aromatic rings. The van der Waals surface area contributed by atoms with Crippen LogP contribution in [-0.2, 0) is 14.8 Å². The number of rotatable bonds is 4. The SMILES string of the molecule is COc1ccc(NC(=O)OC(C)C)cc1S(N)(=O)=O. The van der Waals surface area contributed by atoms with Crippen LogP contribution in [0.4, 0.5) is 10.5 Å². The van der Waals surface area contributed by atoms with E-state index in [0.717, 1.165) is 0 Å². The Morgan fingerprint density at radius 3 is 2.47 bits per heavy atom. The monoisotopic (exact) mass is 288 g/mol. The van der Waals surface area contributed by atoms with Crippen molar-refractivity contribution in [1.82, 2.24) is 0 Å². The average molecular weight is 288 g/mol. The van der Waals surface area contributed by atoms with Crippen LogP contribution >= 0.6 is 0 Å². The molecule has 0 aromatic heterocycles. The van der Waals surface area contributed by atoms with Crippen LogP contribution in [0.5, 0.6) is 5.75 Å². The summed E-state index contributed by atoms with van der Waals surface area (Å²) in [6.07, 6.45) is -0.962. The summed E-state index contributed by atoms with van der Waals surface area (Å²) < 4.78 is 32.5. The average Bonchev–Trinajstić information content (AvgIpc) is 2.26. The molecular formula is C11H16N2O5S. The molecule has 0 spiro atoms. The maximum atomic E-state index is 11.4. The van der Waals surface area contributed by atoms with Gasteiger partial charge in [-0.3, -0.25) is 5.32 Å². The number of methoxy groups -OCH3 is 1. The standard InChI is InChI=1S/C11H16N2O5S/c1-7(2)18-11(14)13-8-4-5-9(17-3)10(6-8)19(12,15)16/h4-7H,1-3H3,(H,13,14)(H2,12,15,16). The zero-order chi connectivity index (χ0) is 14.6. The molecule has 1 aromatic carbocycles. The minimum atomic E-state index is -3.94. The van der Waals surface area contributed by atoms with Gasteiger partial charge in [-0.05, 0) is 32.0 Å². The minimum Gasteiger partial charge on any atom is -0.495 e. The molecule has 0 radical (unpaired) electrons. The van der Waals surface area contributed by atoms with E-state index < -0.39 is 16.1 Å². The topological polar surface area (TPSA) is 108 Å². The van der Waals surface area contributed by atoms with Gasteiger partial charge in [0.05, 0.1) is 13.2 Å². The van der Waals surface area contributed by atoms with Crippen molar-refractivity contribution in [1.29, 1.82) is 0 Å². The van der Waals surface area contributed by atoms with Gasteiger partial charge in [0.1, 0.15) is 10.6 Å². The number of nitrogens with two attached hydrogens (primary N) is 1. The van der Waals surface area contributed by atoms with Gasteiger partial charge in [-0.2, -0.15) is 0 Å². The number of sulfonamides is 1. The number of anilines is 1. The Morgan fingerprint density at radius 1 is 1.37 bits per heavy atom. The van der Waals surface area contributed by atoms with Crippen molar-refractivity contribution in [2.24, 2.45) is 5.14 Å². The Morgan fingerprint density at radius 2 is 2.00 bits per heavy atom. The van der Waals surface area contributed by atoms with E-state index in [-0.39, 0.29) is 22.4 Å². The van der Waals surface area contributed by atoms with E-state index in [0.29, 0.717) is 0 Å². The van der Waals surface area contributed by atoms with Crippen molar-refractivity contribution < 1.29 is 22.7 Å². The summed E-state index contributed by atoms with van der Waals surface area (Å²) in [5.41, 5.74) is 0.246. The number of carbonyl (C=O) groups is 1. The summed E-state index contributed by atoms with van der Waals surface area (Å²) >= 11 is 0. The molecule has 0 aliphatic rings. The number of ether oxygens (including phenoxy) is 2. The highest BCUT2D eigenvalue weighted by atomic mass is 32.2. The predicted molar refractivity (Wildman–Crippen MR) is 69.6 cm³/mol. The normalized spacial score (nSPS) is 11.2. The zero-order valence-corrected chi connectivity index (χ0v) is 11.7. The number of hydrogen-bond acceptors (Lipinski definition) is 5. The van der Waals surface area contributed by atoms with Gasteiger partial charge in [-0.25, -0.2) is 18.4 Å². The van der Waals surface area contributed by atoms with Gasteiger partial charge in [0.2, 0.25) is 10.0 Å². The summed E-state index contributed by atoms with van der Waals surface area (Å²) in [6, 6.07) is 4.08. The number of carbonyl (C=O) groups excluding carboxylic acids is 1. The molecule has 0 aliphatic carbocycles. The molecule has 0 atom stereocenters. The molecule has 0 unspecified atom stereocenters. The van der Waals surface area contributed by atoms with E-state index in [1.807, 2.05) is 0 Å². The lowest BCUT2D eigenvalue weighted by molar-refractivity contribution is 0.130. The molecule has 8 heteroatoms. The van der Waals surface area contributed by atoms with Gasteiger partial charge >= 0.3 is 6.09 Å². The largest absolute Gasteiger partial charge is 0.495 e. The van der Waals surface area contributed by atoms with Crippen molar-refractivity contribution >= 4 is 21.8 Å². The molecule has 0 fully saturated rings. The van der Waals surface area contributed by atoms with Crippen LogP contribution in [0, 0.1) is 0 Å². The lowest BCUT2D eigenvalue weighted by atomic mass is 10.3. The highest BCUT2D eigenvalue weighted by Crippen LogP contribution is 2.26. The van der Waals surface area contributed by atoms with E-state index in [1.54, 1.807) is 13.8 Å². The second kappa shape index (κ2) is 5.89. The third-order valence-corrected chi connectivity index (χ3v) is 2.99. The quantitative estimate of drug-likeness (QED) is 0.868. The fourth-order valence-electron chi connectivity index (χ4n) is 1.34. The van der Waals surface area contributed by atoms with Gasteiger partial charge in [0.25, 0.3) is 0 Å². The Kier molecular flexibility index (Phi) is 4.73. The van der Waals surface area contributed by atoms with Crippen LogP contribution < -0.4 is 15.2 Å². The van der Waals surface area contributed by atoms with Crippen molar-refractivity contribution in [3.05, 3.63) is 18.2 Å². The highest BCUT2D eigenvalue weighted by Gasteiger charge is 2.16. The third kappa shape index (κ3) is 4.42. The lowest BCUT2D eigenvalue weighted by Gasteiger charge is -2.12. The van der Waals surface area contributed by atoms with E-state index in [1.165, 1.54) is 25.3 Å².